The normalized spacial score (nSPS) is 14.0. The summed E-state index contributed by atoms with van der Waals surface area (Å²) in [5.41, 5.74) is 0.111. The molecule has 1 aliphatic rings. The van der Waals surface area contributed by atoms with Crippen molar-refractivity contribution in [2.75, 3.05) is 43.0 Å². The summed E-state index contributed by atoms with van der Waals surface area (Å²) < 4.78 is 31.5. The Hall–Kier alpha value is -3.99. The summed E-state index contributed by atoms with van der Waals surface area (Å²) >= 11 is 0. The van der Waals surface area contributed by atoms with Crippen LogP contribution in [-0.2, 0) is 4.74 Å². The average Bonchev–Trinajstić information content (AvgIpc) is 3.41. The summed E-state index contributed by atoms with van der Waals surface area (Å²) in [6.45, 7) is 10.9. The van der Waals surface area contributed by atoms with Crippen LogP contribution in [-0.4, -0.2) is 65.5 Å². The van der Waals surface area contributed by atoms with E-state index in [2.05, 4.69) is 20.4 Å². The molecule has 1 saturated heterocycles. The maximum atomic E-state index is 14.1. The maximum absolute atomic E-state index is 14.1. The van der Waals surface area contributed by atoms with Crippen molar-refractivity contribution >= 4 is 23.7 Å². The molecule has 3 aromatic rings. The number of anilines is 2. The van der Waals surface area contributed by atoms with Crippen LogP contribution in [0.2, 0.25) is 0 Å². The molecule has 1 aliphatic heterocycles. The highest BCUT2D eigenvalue weighted by Gasteiger charge is 2.28. The van der Waals surface area contributed by atoms with Gasteiger partial charge in [-0.15, -0.1) is 5.10 Å². The zero-order valence-electron chi connectivity index (χ0n) is 24.1. The number of carbonyl (C=O) groups excluding carboxylic acids is 2. The third-order valence-electron chi connectivity index (χ3n) is 6.45. The average molecular weight is 568 g/mol. The minimum atomic E-state index is -0.698. The minimum absolute atomic E-state index is 0.0206. The summed E-state index contributed by atoms with van der Waals surface area (Å²) in [5.74, 6) is -0.686. The van der Waals surface area contributed by atoms with E-state index in [9.17, 15) is 14.0 Å². The summed E-state index contributed by atoms with van der Waals surface area (Å²) in [6, 6.07) is 10.7. The SMILES string of the molecule is CCOc1cc(NC(=O)c2ccccc2F)ccc1-c1nnc(N(CCCN2CCCCC2)C(=O)OC(C)(C)C)o1. The first-order valence-electron chi connectivity index (χ1n) is 14.0. The number of hydrogen-bond acceptors (Lipinski definition) is 8. The van der Waals surface area contributed by atoms with Crippen molar-refractivity contribution < 1.29 is 27.9 Å². The van der Waals surface area contributed by atoms with E-state index in [1.165, 1.54) is 42.4 Å². The van der Waals surface area contributed by atoms with E-state index < -0.39 is 23.4 Å². The van der Waals surface area contributed by atoms with Gasteiger partial charge in [0.05, 0.1) is 17.7 Å². The maximum Gasteiger partial charge on any atom is 0.418 e. The van der Waals surface area contributed by atoms with Crippen LogP contribution in [0.5, 0.6) is 5.75 Å². The molecule has 2 amide bonds. The number of piperidine rings is 1. The Balaban J connectivity index is 1.54. The van der Waals surface area contributed by atoms with E-state index in [1.807, 2.05) is 6.92 Å². The van der Waals surface area contributed by atoms with Crippen LogP contribution >= 0.6 is 0 Å². The molecule has 10 nitrogen and oxygen atoms in total. The van der Waals surface area contributed by atoms with Gasteiger partial charge < -0.3 is 24.1 Å². The molecule has 1 fully saturated rings. The van der Waals surface area contributed by atoms with Crippen molar-refractivity contribution in [2.45, 2.75) is 59.0 Å². The molecule has 0 radical (unpaired) electrons. The van der Waals surface area contributed by atoms with Crippen molar-refractivity contribution in [3.05, 3.63) is 53.8 Å². The van der Waals surface area contributed by atoms with Gasteiger partial charge in [0.2, 0.25) is 0 Å². The molecule has 0 bridgehead atoms. The first-order valence-corrected chi connectivity index (χ1v) is 14.0. The lowest BCUT2D eigenvalue weighted by Crippen LogP contribution is -2.39. The monoisotopic (exact) mass is 567 g/mol. The fourth-order valence-electron chi connectivity index (χ4n) is 4.55. The summed E-state index contributed by atoms with van der Waals surface area (Å²) in [7, 11) is 0. The fraction of sp³-hybridized carbons (Fsp3) is 0.467. The number of carbonyl (C=O) groups is 2. The van der Waals surface area contributed by atoms with Crippen LogP contribution in [0.4, 0.5) is 20.9 Å². The van der Waals surface area contributed by atoms with Gasteiger partial charge in [-0.1, -0.05) is 23.7 Å². The Kier molecular flexibility index (Phi) is 9.93. The number of hydrogen-bond donors (Lipinski definition) is 1. The Bertz CT molecular complexity index is 1330. The number of rotatable bonds is 10. The second-order valence-corrected chi connectivity index (χ2v) is 10.9. The summed E-state index contributed by atoms with van der Waals surface area (Å²) in [5, 5.41) is 11.0. The number of benzene rings is 2. The van der Waals surface area contributed by atoms with Gasteiger partial charge in [-0.2, -0.15) is 0 Å². The lowest BCUT2D eigenvalue weighted by atomic mass is 10.1. The van der Waals surface area contributed by atoms with Gasteiger partial charge in [0.1, 0.15) is 17.2 Å². The smallest absolute Gasteiger partial charge is 0.418 e. The van der Waals surface area contributed by atoms with Gasteiger partial charge in [-0.25, -0.2) is 14.1 Å². The highest BCUT2D eigenvalue weighted by atomic mass is 19.1. The summed E-state index contributed by atoms with van der Waals surface area (Å²) in [6.07, 6.45) is 3.79. The topological polar surface area (TPSA) is 110 Å². The molecular weight excluding hydrogens is 529 g/mol. The van der Waals surface area contributed by atoms with Crippen LogP contribution in [0.1, 0.15) is 63.7 Å². The second-order valence-electron chi connectivity index (χ2n) is 10.9. The van der Waals surface area contributed by atoms with Crippen molar-refractivity contribution in [2.24, 2.45) is 0 Å². The molecule has 220 valence electrons. The van der Waals surface area contributed by atoms with E-state index in [0.29, 0.717) is 30.2 Å². The predicted molar refractivity (Wildman–Crippen MR) is 154 cm³/mol. The highest BCUT2D eigenvalue weighted by Crippen LogP contribution is 2.34. The second kappa shape index (κ2) is 13.6. The van der Waals surface area contributed by atoms with Gasteiger partial charge in [-0.3, -0.25) is 4.79 Å². The van der Waals surface area contributed by atoms with Crippen LogP contribution in [0, 0.1) is 5.82 Å². The molecule has 11 heteroatoms. The molecule has 0 atom stereocenters. The van der Waals surface area contributed by atoms with Gasteiger partial charge in [-0.05, 0) is 90.9 Å². The van der Waals surface area contributed by atoms with Gasteiger partial charge in [0.25, 0.3) is 11.8 Å². The summed E-state index contributed by atoms with van der Waals surface area (Å²) in [4.78, 5) is 29.5. The number of ether oxygens (including phenoxy) is 2. The molecule has 0 aliphatic carbocycles. The Morgan fingerprint density at radius 3 is 2.56 bits per heavy atom. The number of nitrogens with zero attached hydrogens (tertiary/aromatic N) is 4. The first-order chi connectivity index (χ1) is 19.6. The van der Waals surface area contributed by atoms with E-state index in [1.54, 1.807) is 45.0 Å². The lowest BCUT2D eigenvalue weighted by Gasteiger charge is -2.28. The number of aromatic nitrogens is 2. The van der Waals surface area contributed by atoms with Crippen LogP contribution < -0.4 is 15.0 Å². The van der Waals surface area contributed by atoms with Crippen molar-refractivity contribution in [1.29, 1.82) is 0 Å². The predicted octanol–water partition coefficient (Wildman–Crippen LogP) is 6.14. The minimum Gasteiger partial charge on any atom is -0.493 e. The lowest BCUT2D eigenvalue weighted by molar-refractivity contribution is 0.0571. The number of halogens is 1. The van der Waals surface area contributed by atoms with E-state index >= 15 is 0 Å². The zero-order chi connectivity index (χ0) is 29.4. The molecule has 4 rings (SSSR count). The molecule has 0 unspecified atom stereocenters. The zero-order valence-corrected chi connectivity index (χ0v) is 24.1. The van der Waals surface area contributed by atoms with Crippen LogP contribution in [0.25, 0.3) is 11.5 Å². The fourth-order valence-corrected chi connectivity index (χ4v) is 4.55. The third kappa shape index (κ3) is 8.26. The molecule has 41 heavy (non-hydrogen) atoms. The molecule has 0 spiro atoms. The van der Waals surface area contributed by atoms with Gasteiger partial charge in [0.15, 0.2) is 0 Å². The van der Waals surface area contributed by atoms with Crippen molar-refractivity contribution in [3.63, 3.8) is 0 Å². The number of amides is 2. The van der Waals surface area contributed by atoms with Crippen molar-refractivity contribution in [1.82, 2.24) is 15.1 Å². The van der Waals surface area contributed by atoms with E-state index in [4.69, 9.17) is 13.9 Å². The largest absolute Gasteiger partial charge is 0.493 e. The standard InChI is InChI=1S/C30H38FN5O5/c1-5-39-25-20-21(32-26(37)22-12-7-8-13-24(22)31)14-15-23(25)27-33-34-28(40-27)36(29(38)41-30(2,3)4)19-11-18-35-16-9-6-10-17-35/h7-8,12-15,20H,5-6,9-11,16-19H2,1-4H3,(H,32,37). The third-order valence-corrected chi connectivity index (χ3v) is 6.45. The van der Waals surface area contributed by atoms with E-state index in [0.717, 1.165) is 26.1 Å². The Morgan fingerprint density at radius 1 is 1.10 bits per heavy atom. The Morgan fingerprint density at radius 2 is 1.85 bits per heavy atom. The van der Waals surface area contributed by atoms with Crippen LogP contribution in [0.3, 0.4) is 0 Å². The molecule has 2 aromatic carbocycles. The first kappa shape index (κ1) is 30.0. The molecular formula is C30H38FN5O5. The molecule has 0 saturated carbocycles. The molecule has 2 heterocycles. The quantitative estimate of drug-likeness (QED) is 0.311. The van der Waals surface area contributed by atoms with Gasteiger partial charge >= 0.3 is 12.1 Å². The highest BCUT2D eigenvalue weighted by molar-refractivity contribution is 6.04. The van der Waals surface area contributed by atoms with Crippen molar-refractivity contribution in [3.8, 4) is 17.2 Å². The molecule has 1 aromatic heterocycles. The number of likely N-dealkylation sites (tertiary alicyclic amines) is 1. The molecule has 1 N–H and O–H groups in total. The Labute approximate surface area is 239 Å². The number of nitrogens with one attached hydrogen (secondary N) is 1. The van der Waals surface area contributed by atoms with Crippen LogP contribution in [0.15, 0.2) is 46.9 Å². The van der Waals surface area contributed by atoms with E-state index in [-0.39, 0.29) is 17.5 Å². The van der Waals surface area contributed by atoms with Gasteiger partial charge in [0, 0.05) is 18.3 Å².